The Labute approximate surface area is 179 Å². The number of nitrogen functional groups attached to an aromatic ring is 1. The molecule has 31 heavy (non-hydrogen) atoms. The second-order valence-electron chi connectivity index (χ2n) is 6.84. The first-order valence-electron chi connectivity index (χ1n) is 9.56. The number of nitrogens with one attached hydrogen (secondary N) is 1. The molecule has 0 saturated heterocycles. The van der Waals surface area contributed by atoms with Crippen molar-refractivity contribution in [2.24, 2.45) is 0 Å². The number of ketones is 1. The van der Waals surface area contributed by atoms with E-state index in [9.17, 15) is 9.59 Å². The van der Waals surface area contributed by atoms with Gasteiger partial charge in [0.05, 0.1) is 31.0 Å². The van der Waals surface area contributed by atoms with Gasteiger partial charge in [-0.05, 0) is 48.5 Å². The van der Waals surface area contributed by atoms with Gasteiger partial charge in [0.25, 0.3) is 5.91 Å². The summed E-state index contributed by atoms with van der Waals surface area (Å²) in [7, 11) is 3.11. The number of benzene rings is 2. The molecule has 0 bridgehead atoms. The van der Waals surface area contributed by atoms with Crippen LogP contribution in [0.15, 0.2) is 72.9 Å². The van der Waals surface area contributed by atoms with Gasteiger partial charge in [0, 0.05) is 23.5 Å². The SMILES string of the molecule is COc1ccc(C(=O)c2c(N)c(C(=O)Nc3cccc(OC)c3)c3ccccn23)cc1. The average Bonchev–Trinajstić information content (AvgIpc) is 3.10. The number of hydrogen-bond donors (Lipinski definition) is 2. The van der Waals surface area contributed by atoms with Crippen molar-refractivity contribution in [2.75, 3.05) is 25.3 Å². The molecule has 4 aromatic rings. The lowest BCUT2D eigenvalue weighted by Gasteiger charge is -2.07. The fraction of sp³-hybridized carbons (Fsp3) is 0.0833. The lowest BCUT2D eigenvalue weighted by molar-refractivity contribution is 0.102. The molecule has 0 atom stereocenters. The quantitative estimate of drug-likeness (QED) is 0.464. The highest BCUT2D eigenvalue weighted by molar-refractivity contribution is 6.20. The van der Waals surface area contributed by atoms with Crippen LogP contribution in [0.4, 0.5) is 11.4 Å². The van der Waals surface area contributed by atoms with E-state index in [0.29, 0.717) is 28.3 Å². The zero-order valence-corrected chi connectivity index (χ0v) is 17.1. The van der Waals surface area contributed by atoms with Crippen LogP contribution in [0.2, 0.25) is 0 Å². The summed E-state index contributed by atoms with van der Waals surface area (Å²) in [5.41, 5.74) is 8.49. The summed E-state index contributed by atoms with van der Waals surface area (Å²) < 4.78 is 12.0. The number of ether oxygens (including phenoxy) is 2. The van der Waals surface area contributed by atoms with Gasteiger partial charge in [-0.1, -0.05) is 12.1 Å². The molecule has 0 saturated carbocycles. The molecule has 0 aliphatic carbocycles. The van der Waals surface area contributed by atoms with E-state index >= 15 is 0 Å². The number of anilines is 2. The molecule has 2 aromatic heterocycles. The lowest BCUT2D eigenvalue weighted by Crippen LogP contribution is -2.14. The number of pyridine rings is 1. The van der Waals surface area contributed by atoms with Crippen LogP contribution in [-0.4, -0.2) is 30.3 Å². The fourth-order valence-electron chi connectivity index (χ4n) is 3.47. The molecule has 4 rings (SSSR count). The number of fused-ring (bicyclic) bond motifs is 1. The van der Waals surface area contributed by atoms with Crippen LogP contribution in [0.1, 0.15) is 26.4 Å². The summed E-state index contributed by atoms with van der Waals surface area (Å²) in [5.74, 6) is 0.552. The Morgan fingerprint density at radius 3 is 2.35 bits per heavy atom. The van der Waals surface area contributed by atoms with Crippen LogP contribution in [0.3, 0.4) is 0 Å². The van der Waals surface area contributed by atoms with Crippen molar-refractivity contribution in [3.63, 3.8) is 0 Å². The molecule has 7 nitrogen and oxygen atoms in total. The molecule has 0 aliphatic rings. The van der Waals surface area contributed by atoms with Crippen LogP contribution in [0, 0.1) is 0 Å². The van der Waals surface area contributed by atoms with Gasteiger partial charge in [-0.2, -0.15) is 0 Å². The Morgan fingerprint density at radius 2 is 1.65 bits per heavy atom. The minimum atomic E-state index is -0.414. The van der Waals surface area contributed by atoms with Gasteiger partial charge >= 0.3 is 0 Å². The number of nitrogens with zero attached hydrogens (tertiary/aromatic N) is 1. The van der Waals surface area contributed by atoms with E-state index in [1.165, 1.54) is 0 Å². The van der Waals surface area contributed by atoms with Crippen molar-refractivity contribution in [3.8, 4) is 11.5 Å². The first-order chi connectivity index (χ1) is 15.0. The zero-order valence-electron chi connectivity index (χ0n) is 17.1. The Balaban J connectivity index is 1.77. The van der Waals surface area contributed by atoms with Crippen molar-refractivity contribution >= 4 is 28.6 Å². The third kappa shape index (κ3) is 3.69. The normalized spacial score (nSPS) is 10.6. The molecule has 0 aliphatic heterocycles. The summed E-state index contributed by atoms with van der Waals surface area (Å²) in [5, 5.41) is 2.83. The Hall–Kier alpha value is -4.26. The number of carbonyl (C=O) groups is 2. The number of carbonyl (C=O) groups excluding carboxylic acids is 2. The number of methoxy groups -OCH3 is 2. The fourth-order valence-corrected chi connectivity index (χ4v) is 3.47. The lowest BCUT2D eigenvalue weighted by atomic mass is 10.1. The minimum Gasteiger partial charge on any atom is -0.497 e. The van der Waals surface area contributed by atoms with Crippen LogP contribution < -0.4 is 20.5 Å². The van der Waals surface area contributed by atoms with Gasteiger partial charge in [0.2, 0.25) is 5.78 Å². The van der Waals surface area contributed by atoms with E-state index in [2.05, 4.69) is 5.32 Å². The number of hydrogen-bond acceptors (Lipinski definition) is 5. The number of aromatic nitrogens is 1. The highest BCUT2D eigenvalue weighted by Crippen LogP contribution is 2.30. The highest BCUT2D eigenvalue weighted by Gasteiger charge is 2.26. The average molecular weight is 415 g/mol. The van der Waals surface area contributed by atoms with Crippen molar-refractivity contribution in [2.45, 2.75) is 0 Å². The van der Waals surface area contributed by atoms with E-state index in [-0.39, 0.29) is 22.7 Å². The molecule has 3 N–H and O–H groups in total. The number of rotatable bonds is 6. The van der Waals surface area contributed by atoms with Gasteiger partial charge in [0.15, 0.2) is 0 Å². The number of nitrogens with two attached hydrogens (primary N) is 1. The van der Waals surface area contributed by atoms with E-state index in [4.69, 9.17) is 15.2 Å². The maximum atomic E-state index is 13.3. The molecule has 2 aromatic carbocycles. The maximum absolute atomic E-state index is 13.3. The first kappa shape index (κ1) is 20.0. The first-order valence-corrected chi connectivity index (χ1v) is 9.56. The van der Waals surface area contributed by atoms with Crippen molar-refractivity contribution in [1.82, 2.24) is 4.40 Å². The van der Waals surface area contributed by atoms with Crippen LogP contribution in [0.25, 0.3) is 5.52 Å². The van der Waals surface area contributed by atoms with Crippen molar-refractivity contribution in [3.05, 3.63) is 89.7 Å². The molecule has 7 heteroatoms. The molecule has 0 radical (unpaired) electrons. The predicted octanol–water partition coefficient (Wildman–Crippen LogP) is 4.02. The molecular formula is C24H21N3O4. The van der Waals surface area contributed by atoms with Crippen molar-refractivity contribution in [1.29, 1.82) is 0 Å². The zero-order chi connectivity index (χ0) is 22.0. The van der Waals surface area contributed by atoms with Crippen LogP contribution in [0.5, 0.6) is 11.5 Å². The number of amides is 1. The molecule has 156 valence electrons. The van der Waals surface area contributed by atoms with E-state index in [1.807, 2.05) is 0 Å². The van der Waals surface area contributed by atoms with Gasteiger partial charge in [-0.3, -0.25) is 9.59 Å². The molecule has 0 unspecified atom stereocenters. The monoisotopic (exact) mass is 415 g/mol. The van der Waals surface area contributed by atoms with Crippen molar-refractivity contribution < 1.29 is 19.1 Å². The largest absolute Gasteiger partial charge is 0.497 e. The van der Waals surface area contributed by atoms with Gasteiger partial charge in [-0.15, -0.1) is 0 Å². The third-order valence-electron chi connectivity index (χ3n) is 5.00. The maximum Gasteiger partial charge on any atom is 0.259 e. The summed E-state index contributed by atoms with van der Waals surface area (Å²) in [6.45, 7) is 0. The van der Waals surface area contributed by atoms with Gasteiger partial charge in [0.1, 0.15) is 17.2 Å². The Bertz CT molecular complexity index is 1280. The smallest absolute Gasteiger partial charge is 0.259 e. The van der Waals surface area contributed by atoms with E-state index in [0.717, 1.165) is 0 Å². The molecule has 0 fully saturated rings. The van der Waals surface area contributed by atoms with E-state index in [1.54, 1.807) is 91.5 Å². The van der Waals surface area contributed by atoms with Gasteiger partial charge < -0.3 is 24.9 Å². The summed E-state index contributed by atoms with van der Waals surface area (Å²) in [6, 6.07) is 19.1. The highest BCUT2D eigenvalue weighted by atomic mass is 16.5. The van der Waals surface area contributed by atoms with Gasteiger partial charge in [-0.25, -0.2) is 0 Å². The summed E-state index contributed by atoms with van der Waals surface area (Å²) in [6.07, 6.45) is 1.71. The van der Waals surface area contributed by atoms with Crippen LogP contribution in [-0.2, 0) is 0 Å². The third-order valence-corrected chi connectivity index (χ3v) is 5.00. The topological polar surface area (TPSA) is 95.1 Å². The summed E-state index contributed by atoms with van der Waals surface area (Å²) >= 11 is 0. The molecule has 0 spiro atoms. The predicted molar refractivity (Wildman–Crippen MR) is 119 cm³/mol. The molecular weight excluding hydrogens is 394 g/mol. The second kappa shape index (κ2) is 8.23. The Morgan fingerprint density at radius 1 is 0.903 bits per heavy atom. The standard InChI is InChI=1S/C24H21N3O4/c1-30-17-11-9-15(10-12-17)23(28)22-21(25)20(19-8-3-4-13-27(19)22)24(29)26-16-6-5-7-18(14-16)31-2/h3-14H,25H2,1-2H3,(H,26,29). The Kier molecular flexibility index (Phi) is 5.32. The van der Waals surface area contributed by atoms with Crippen LogP contribution >= 0.6 is 0 Å². The summed E-state index contributed by atoms with van der Waals surface area (Å²) in [4.78, 5) is 26.4. The van der Waals surface area contributed by atoms with E-state index < -0.39 is 5.91 Å². The molecule has 2 heterocycles. The minimum absolute atomic E-state index is 0.118. The molecule has 1 amide bonds. The second-order valence-corrected chi connectivity index (χ2v) is 6.84.